The average Bonchev–Trinajstić information content (AvgIpc) is 2.56. The van der Waals surface area contributed by atoms with Crippen molar-refractivity contribution in [3.8, 4) is 0 Å². The lowest BCUT2D eigenvalue weighted by Gasteiger charge is -2.24. The summed E-state index contributed by atoms with van der Waals surface area (Å²) in [6.07, 6.45) is 3.78. The number of hydrogen-bond donors (Lipinski definition) is 1. The number of benzene rings is 2. The van der Waals surface area contributed by atoms with Gasteiger partial charge < -0.3 is 5.21 Å². The summed E-state index contributed by atoms with van der Waals surface area (Å²) >= 11 is 0. The number of allylic oxidation sites excluding steroid dienone is 2. The standard InChI is InChI=1S/C19H19NO/c1-14-7-9-16(10-8-14)18-11-17(12-19(13-18)20-21)15-5-3-2-4-6-15/h2-10,12,18,21H,11,13H2,1H3/b20-19+. The normalized spacial score (nSPS) is 20.3. The summed E-state index contributed by atoms with van der Waals surface area (Å²) < 4.78 is 0. The van der Waals surface area contributed by atoms with E-state index >= 15 is 0 Å². The molecule has 0 fully saturated rings. The molecule has 21 heavy (non-hydrogen) atoms. The Balaban J connectivity index is 1.93. The highest BCUT2D eigenvalue weighted by molar-refractivity contribution is 6.02. The number of hydrogen-bond acceptors (Lipinski definition) is 2. The van der Waals surface area contributed by atoms with E-state index in [1.165, 1.54) is 22.3 Å². The van der Waals surface area contributed by atoms with Crippen molar-refractivity contribution in [3.63, 3.8) is 0 Å². The van der Waals surface area contributed by atoms with Crippen LogP contribution in [0.1, 0.15) is 35.4 Å². The molecule has 0 heterocycles. The molecule has 2 heteroatoms. The van der Waals surface area contributed by atoms with Gasteiger partial charge >= 0.3 is 0 Å². The van der Waals surface area contributed by atoms with Crippen LogP contribution in [0.4, 0.5) is 0 Å². The fourth-order valence-corrected chi connectivity index (χ4v) is 2.91. The predicted octanol–water partition coefficient (Wildman–Crippen LogP) is 4.79. The van der Waals surface area contributed by atoms with Gasteiger partial charge in [-0.3, -0.25) is 0 Å². The lowest BCUT2D eigenvalue weighted by molar-refractivity contribution is 0.317. The van der Waals surface area contributed by atoms with Crippen LogP contribution in [0.2, 0.25) is 0 Å². The summed E-state index contributed by atoms with van der Waals surface area (Å²) in [7, 11) is 0. The van der Waals surface area contributed by atoms with Crippen LogP contribution >= 0.6 is 0 Å². The van der Waals surface area contributed by atoms with E-state index in [4.69, 9.17) is 0 Å². The van der Waals surface area contributed by atoms with Crippen LogP contribution in [0.3, 0.4) is 0 Å². The highest BCUT2D eigenvalue weighted by atomic mass is 16.4. The fourth-order valence-electron chi connectivity index (χ4n) is 2.91. The predicted molar refractivity (Wildman–Crippen MR) is 86.8 cm³/mol. The van der Waals surface area contributed by atoms with Crippen molar-refractivity contribution in [2.45, 2.75) is 25.7 Å². The first-order valence-electron chi connectivity index (χ1n) is 7.30. The molecule has 1 aliphatic carbocycles. The second-order valence-electron chi connectivity index (χ2n) is 5.64. The van der Waals surface area contributed by atoms with E-state index in [9.17, 15) is 5.21 Å². The van der Waals surface area contributed by atoms with Gasteiger partial charge in [0.25, 0.3) is 0 Å². The van der Waals surface area contributed by atoms with Crippen molar-refractivity contribution >= 4 is 11.3 Å². The van der Waals surface area contributed by atoms with E-state index in [2.05, 4.69) is 48.5 Å². The third-order valence-corrected chi connectivity index (χ3v) is 4.08. The Bertz CT molecular complexity index is 668. The van der Waals surface area contributed by atoms with Gasteiger partial charge in [0, 0.05) is 6.42 Å². The maximum Gasteiger partial charge on any atom is 0.0804 e. The maximum atomic E-state index is 9.21. The van der Waals surface area contributed by atoms with Crippen LogP contribution in [0.5, 0.6) is 0 Å². The molecule has 0 amide bonds. The number of rotatable bonds is 2. The molecular weight excluding hydrogens is 258 g/mol. The average molecular weight is 277 g/mol. The van der Waals surface area contributed by atoms with Crippen LogP contribution < -0.4 is 0 Å². The number of nitrogens with zero attached hydrogens (tertiary/aromatic N) is 1. The van der Waals surface area contributed by atoms with Crippen molar-refractivity contribution in [2.24, 2.45) is 5.16 Å². The molecule has 0 saturated carbocycles. The van der Waals surface area contributed by atoms with E-state index in [1.54, 1.807) is 0 Å². The van der Waals surface area contributed by atoms with Gasteiger partial charge in [-0.15, -0.1) is 0 Å². The summed E-state index contributed by atoms with van der Waals surface area (Å²) in [5, 5.41) is 12.7. The second-order valence-corrected chi connectivity index (χ2v) is 5.64. The summed E-state index contributed by atoms with van der Waals surface area (Å²) in [4.78, 5) is 0. The third-order valence-electron chi connectivity index (χ3n) is 4.08. The van der Waals surface area contributed by atoms with E-state index in [0.29, 0.717) is 5.92 Å². The van der Waals surface area contributed by atoms with Gasteiger partial charge in [0.1, 0.15) is 0 Å². The minimum absolute atomic E-state index is 0.372. The molecule has 106 valence electrons. The van der Waals surface area contributed by atoms with Crippen molar-refractivity contribution in [3.05, 3.63) is 77.4 Å². The summed E-state index contributed by atoms with van der Waals surface area (Å²) in [6.45, 7) is 2.10. The van der Waals surface area contributed by atoms with Crippen LogP contribution in [-0.4, -0.2) is 10.9 Å². The monoisotopic (exact) mass is 277 g/mol. The molecule has 1 N–H and O–H groups in total. The molecule has 0 spiro atoms. The van der Waals surface area contributed by atoms with E-state index in [0.717, 1.165) is 18.6 Å². The molecule has 1 atom stereocenters. The first-order valence-corrected chi connectivity index (χ1v) is 7.30. The van der Waals surface area contributed by atoms with Gasteiger partial charge in [0.2, 0.25) is 0 Å². The van der Waals surface area contributed by atoms with Crippen LogP contribution in [0, 0.1) is 6.92 Å². The van der Waals surface area contributed by atoms with E-state index < -0.39 is 0 Å². The summed E-state index contributed by atoms with van der Waals surface area (Å²) in [6, 6.07) is 19.0. The molecule has 0 radical (unpaired) electrons. The van der Waals surface area contributed by atoms with Crippen molar-refractivity contribution in [2.75, 3.05) is 0 Å². The van der Waals surface area contributed by atoms with E-state index in [-0.39, 0.29) is 0 Å². The second kappa shape index (κ2) is 5.96. The Morgan fingerprint density at radius 1 is 0.952 bits per heavy atom. The van der Waals surface area contributed by atoms with Gasteiger partial charge in [-0.05, 0) is 42.0 Å². The summed E-state index contributed by atoms with van der Waals surface area (Å²) in [5.41, 5.74) is 5.77. The maximum absolute atomic E-state index is 9.21. The Kier molecular flexibility index (Phi) is 3.87. The van der Waals surface area contributed by atoms with Gasteiger partial charge in [-0.2, -0.15) is 0 Å². The molecule has 0 bridgehead atoms. The molecule has 2 aromatic rings. The lowest BCUT2D eigenvalue weighted by Crippen LogP contribution is -2.12. The van der Waals surface area contributed by atoms with Crippen molar-refractivity contribution in [1.82, 2.24) is 0 Å². The third kappa shape index (κ3) is 3.05. The number of oxime groups is 1. The molecule has 2 aromatic carbocycles. The van der Waals surface area contributed by atoms with Crippen LogP contribution in [-0.2, 0) is 0 Å². The Morgan fingerprint density at radius 2 is 1.67 bits per heavy atom. The SMILES string of the molecule is Cc1ccc(C2CC(c3ccccc3)=C/C(=N\O)C2)cc1. The zero-order chi connectivity index (χ0) is 14.7. The molecule has 1 aliphatic rings. The Hall–Kier alpha value is -2.35. The Morgan fingerprint density at radius 3 is 2.33 bits per heavy atom. The van der Waals surface area contributed by atoms with Crippen LogP contribution in [0.25, 0.3) is 5.57 Å². The quantitative estimate of drug-likeness (QED) is 0.621. The highest BCUT2D eigenvalue weighted by Crippen LogP contribution is 2.36. The first-order chi connectivity index (χ1) is 10.3. The molecule has 0 aliphatic heterocycles. The number of aryl methyl sites for hydroxylation is 1. The van der Waals surface area contributed by atoms with E-state index in [1.807, 2.05) is 24.3 Å². The van der Waals surface area contributed by atoms with Crippen molar-refractivity contribution in [1.29, 1.82) is 0 Å². The van der Waals surface area contributed by atoms with Gasteiger partial charge in [0.05, 0.1) is 5.71 Å². The highest BCUT2D eigenvalue weighted by Gasteiger charge is 2.22. The molecule has 0 saturated heterocycles. The smallest absolute Gasteiger partial charge is 0.0804 e. The molecule has 1 unspecified atom stereocenters. The fraction of sp³-hybridized carbons (Fsp3) is 0.211. The van der Waals surface area contributed by atoms with Gasteiger partial charge in [-0.25, -0.2) is 0 Å². The minimum atomic E-state index is 0.372. The topological polar surface area (TPSA) is 32.6 Å². The van der Waals surface area contributed by atoms with Crippen LogP contribution in [0.15, 0.2) is 65.8 Å². The van der Waals surface area contributed by atoms with Gasteiger partial charge in [-0.1, -0.05) is 65.3 Å². The van der Waals surface area contributed by atoms with Crippen molar-refractivity contribution < 1.29 is 5.21 Å². The summed E-state index contributed by atoms with van der Waals surface area (Å²) in [5.74, 6) is 0.372. The largest absolute Gasteiger partial charge is 0.411 e. The zero-order valence-corrected chi connectivity index (χ0v) is 12.2. The zero-order valence-electron chi connectivity index (χ0n) is 12.2. The Labute approximate surface area is 125 Å². The lowest BCUT2D eigenvalue weighted by atomic mass is 9.80. The first kappa shape index (κ1) is 13.6. The molecule has 3 rings (SSSR count). The minimum Gasteiger partial charge on any atom is -0.411 e. The molecular formula is C19H19NO. The molecule has 2 nitrogen and oxygen atoms in total. The van der Waals surface area contributed by atoms with Gasteiger partial charge in [0.15, 0.2) is 0 Å². The molecule has 0 aromatic heterocycles.